The van der Waals surface area contributed by atoms with Crippen molar-refractivity contribution >= 4 is 29.9 Å². The van der Waals surface area contributed by atoms with Crippen molar-refractivity contribution in [3.63, 3.8) is 0 Å². The molecule has 2 N–H and O–H groups in total. The van der Waals surface area contributed by atoms with E-state index in [9.17, 15) is 0 Å². The monoisotopic (exact) mass is 420 g/mol. The Bertz CT molecular complexity index is 427. The summed E-state index contributed by atoms with van der Waals surface area (Å²) >= 11 is 0. The Balaban J connectivity index is 0.00000242. The van der Waals surface area contributed by atoms with Crippen LogP contribution in [0.1, 0.15) is 44.9 Å². The predicted octanol–water partition coefficient (Wildman–Crippen LogP) is 3.00. The Morgan fingerprint density at radius 3 is 2.59 bits per heavy atom. The van der Waals surface area contributed by atoms with Crippen LogP contribution in [0.2, 0.25) is 0 Å². The topological polar surface area (TPSA) is 52.8 Å². The Morgan fingerprint density at radius 2 is 2.05 bits per heavy atom. The zero-order valence-corrected chi connectivity index (χ0v) is 16.2. The molecule has 0 saturated carbocycles. The summed E-state index contributed by atoms with van der Waals surface area (Å²) in [5.74, 6) is 1.88. The van der Waals surface area contributed by atoms with Gasteiger partial charge < -0.3 is 15.1 Å². The molecule has 126 valence electrons. The third kappa shape index (κ3) is 5.79. The molecular formula is C16H29IN4O. The molecule has 1 unspecified atom stereocenters. The molecule has 1 aromatic rings. The number of halogens is 1. The maximum absolute atomic E-state index is 5.65. The SMILES string of the molecule is CN=C(NCC(c1ccco1)N1CCCCC1)NC(C)C.I. The van der Waals surface area contributed by atoms with E-state index in [0.717, 1.165) is 31.4 Å². The molecular weight excluding hydrogens is 391 g/mol. The summed E-state index contributed by atoms with van der Waals surface area (Å²) in [5.41, 5.74) is 0. The molecule has 1 fully saturated rings. The van der Waals surface area contributed by atoms with E-state index in [1.54, 1.807) is 13.3 Å². The van der Waals surface area contributed by atoms with E-state index in [4.69, 9.17) is 4.42 Å². The highest BCUT2D eigenvalue weighted by atomic mass is 127. The number of piperidine rings is 1. The molecule has 0 bridgehead atoms. The molecule has 22 heavy (non-hydrogen) atoms. The average Bonchev–Trinajstić information content (AvgIpc) is 3.01. The molecule has 2 heterocycles. The molecule has 0 radical (unpaired) electrons. The molecule has 1 aromatic heterocycles. The van der Waals surface area contributed by atoms with Gasteiger partial charge in [0.25, 0.3) is 0 Å². The van der Waals surface area contributed by atoms with Crippen LogP contribution in [0.25, 0.3) is 0 Å². The van der Waals surface area contributed by atoms with Gasteiger partial charge in [-0.15, -0.1) is 24.0 Å². The molecule has 6 heteroatoms. The number of furan rings is 1. The van der Waals surface area contributed by atoms with Gasteiger partial charge >= 0.3 is 0 Å². The zero-order valence-electron chi connectivity index (χ0n) is 13.8. The van der Waals surface area contributed by atoms with Gasteiger partial charge in [0, 0.05) is 19.6 Å². The molecule has 0 spiro atoms. The summed E-state index contributed by atoms with van der Waals surface area (Å²) in [6, 6.07) is 4.67. The quantitative estimate of drug-likeness (QED) is 0.437. The maximum Gasteiger partial charge on any atom is 0.191 e. The van der Waals surface area contributed by atoms with E-state index in [0.29, 0.717) is 6.04 Å². The van der Waals surface area contributed by atoms with Gasteiger partial charge in [-0.05, 0) is 51.9 Å². The molecule has 5 nitrogen and oxygen atoms in total. The fraction of sp³-hybridized carbons (Fsp3) is 0.688. The number of nitrogens with zero attached hydrogens (tertiary/aromatic N) is 2. The predicted molar refractivity (Wildman–Crippen MR) is 102 cm³/mol. The lowest BCUT2D eigenvalue weighted by Gasteiger charge is -2.33. The Kier molecular flexibility index (Phi) is 8.85. The Hall–Kier alpha value is -0.760. The van der Waals surface area contributed by atoms with Crippen molar-refractivity contribution in [3.8, 4) is 0 Å². The molecule has 2 rings (SSSR count). The van der Waals surface area contributed by atoms with E-state index in [1.165, 1.54) is 19.3 Å². The summed E-state index contributed by atoms with van der Waals surface area (Å²) in [7, 11) is 1.81. The largest absolute Gasteiger partial charge is 0.468 e. The number of aliphatic imine (C=N–C) groups is 1. The van der Waals surface area contributed by atoms with Crippen molar-refractivity contribution < 1.29 is 4.42 Å². The van der Waals surface area contributed by atoms with E-state index in [1.807, 2.05) is 6.07 Å². The number of rotatable bonds is 5. The minimum absolute atomic E-state index is 0. The van der Waals surface area contributed by atoms with Crippen molar-refractivity contribution in [3.05, 3.63) is 24.2 Å². The van der Waals surface area contributed by atoms with E-state index in [2.05, 4.69) is 40.4 Å². The fourth-order valence-electron chi connectivity index (χ4n) is 2.78. The summed E-state index contributed by atoms with van der Waals surface area (Å²) < 4.78 is 5.65. The Labute approximate surface area is 150 Å². The lowest BCUT2D eigenvalue weighted by Crippen LogP contribution is -2.46. The van der Waals surface area contributed by atoms with E-state index >= 15 is 0 Å². The van der Waals surface area contributed by atoms with Gasteiger partial charge in [-0.2, -0.15) is 0 Å². The summed E-state index contributed by atoms with van der Waals surface area (Å²) in [4.78, 5) is 6.78. The first kappa shape index (κ1) is 19.3. The second-order valence-corrected chi connectivity index (χ2v) is 5.88. The lowest BCUT2D eigenvalue weighted by molar-refractivity contribution is 0.146. The summed E-state index contributed by atoms with van der Waals surface area (Å²) in [6.45, 7) is 7.31. The van der Waals surface area contributed by atoms with Crippen molar-refractivity contribution in [2.45, 2.75) is 45.2 Å². The van der Waals surface area contributed by atoms with Gasteiger partial charge in [0.15, 0.2) is 5.96 Å². The van der Waals surface area contributed by atoms with E-state index in [-0.39, 0.29) is 30.0 Å². The standard InChI is InChI=1S/C16H28N4O.HI/c1-13(2)19-16(17-3)18-12-14(15-8-7-11-21-15)20-9-5-4-6-10-20;/h7-8,11,13-14H,4-6,9-10,12H2,1-3H3,(H2,17,18,19);1H. The van der Waals surface area contributed by atoms with Gasteiger partial charge in [-0.1, -0.05) is 6.42 Å². The number of hydrogen-bond acceptors (Lipinski definition) is 3. The van der Waals surface area contributed by atoms with Crippen LogP contribution >= 0.6 is 24.0 Å². The minimum atomic E-state index is 0. The van der Waals surface area contributed by atoms with Crippen LogP contribution in [0.5, 0.6) is 0 Å². The summed E-state index contributed by atoms with van der Waals surface area (Å²) in [6.07, 6.45) is 5.64. The molecule has 0 amide bonds. The van der Waals surface area contributed by atoms with Gasteiger partial charge in [0.05, 0.1) is 12.3 Å². The second kappa shape index (κ2) is 10.1. The third-order valence-corrected chi connectivity index (χ3v) is 3.81. The first-order chi connectivity index (χ1) is 10.2. The first-order valence-electron chi connectivity index (χ1n) is 7.95. The normalized spacial score (nSPS) is 17.9. The maximum atomic E-state index is 5.65. The molecule has 0 aromatic carbocycles. The van der Waals surface area contributed by atoms with Crippen molar-refractivity contribution in [1.82, 2.24) is 15.5 Å². The average molecular weight is 420 g/mol. The molecule has 1 atom stereocenters. The van der Waals surface area contributed by atoms with Gasteiger partial charge in [-0.3, -0.25) is 9.89 Å². The number of nitrogens with one attached hydrogen (secondary N) is 2. The minimum Gasteiger partial charge on any atom is -0.468 e. The van der Waals surface area contributed by atoms with Gasteiger partial charge in [0.1, 0.15) is 5.76 Å². The highest BCUT2D eigenvalue weighted by Crippen LogP contribution is 2.24. The van der Waals surface area contributed by atoms with Crippen LogP contribution < -0.4 is 10.6 Å². The second-order valence-electron chi connectivity index (χ2n) is 5.88. The number of hydrogen-bond donors (Lipinski definition) is 2. The molecule has 1 saturated heterocycles. The summed E-state index contributed by atoms with van der Waals surface area (Å²) in [5, 5.41) is 6.75. The van der Waals surface area contributed by atoms with Gasteiger partial charge in [0.2, 0.25) is 0 Å². The highest BCUT2D eigenvalue weighted by Gasteiger charge is 2.24. The van der Waals surface area contributed by atoms with Gasteiger partial charge in [-0.25, -0.2) is 0 Å². The third-order valence-electron chi connectivity index (χ3n) is 3.81. The highest BCUT2D eigenvalue weighted by molar-refractivity contribution is 14.0. The van der Waals surface area contributed by atoms with Crippen molar-refractivity contribution in [2.24, 2.45) is 4.99 Å². The molecule has 0 aliphatic carbocycles. The Morgan fingerprint density at radius 1 is 1.32 bits per heavy atom. The van der Waals surface area contributed by atoms with Crippen molar-refractivity contribution in [1.29, 1.82) is 0 Å². The van der Waals surface area contributed by atoms with Crippen LogP contribution in [0.3, 0.4) is 0 Å². The number of guanidine groups is 1. The molecule has 1 aliphatic rings. The number of likely N-dealkylation sites (tertiary alicyclic amines) is 1. The lowest BCUT2D eigenvalue weighted by atomic mass is 10.1. The first-order valence-corrected chi connectivity index (χ1v) is 7.95. The zero-order chi connectivity index (χ0) is 15.1. The van der Waals surface area contributed by atoms with Crippen LogP contribution in [0.15, 0.2) is 27.8 Å². The van der Waals surface area contributed by atoms with Crippen LogP contribution in [0, 0.1) is 0 Å². The van der Waals surface area contributed by atoms with E-state index < -0.39 is 0 Å². The smallest absolute Gasteiger partial charge is 0.191 e. The fourth-order valence-corrected chi connectivity index (χ4v) is 2.78. The van der Waals surface area contributed by atoms with Crippen LogP contribution in [-0.2, 0) is 0 Å². The van der Waals surface area contributed by atoms with Crippen LogP contribution in [-0.4, -0.2) is 43.6 Å². The molecule has 1 aliphatic heterocycles. The van der Waals surface area contributed by atoms with Crippen molar-refractivity contribution in [2.75, 3.05) is 26.7 Å². The van der Waals surface area contributed by atoms with Crippen LogP contribution in [0.4, 0.5) is 0 Å².